The van der Waals surface area contributed by atoms with E-state index >= 15 is 0 Å². The van der Waals surface area contributed by atoms with Crippen LogP contribution in [0.5, 0.6) is 0 Å². The summed E-state index contributed by atoms with van der Waals surface area (Å²) in [6.45, 7) is 0. The third kappa shape index (κ3) is 2.69. The van der Waals surface area contributed by atoms with Crippen molar-refractivity contribution in [3.05, 3.63) is 0 Å². The van der Waals surface area contributed by atoms with Crippen molar-refractivity contribution in [3.63, 3.8) is 0 Å². The summed E-state index contributed by atoms with van der Waals surface area (Å²) in [4.78, 5) is 13.3. The van der Waals surface area contributed by atoms with Crippen molar-refractivity contribution in [3.8, 4) is 0 Å². The molecule has 76 valence electrons. The van der Waals surface area contributed by atoms with Gasteiger partial charge in [-0.25, -0.2) is 0 Å². The number of amides is 1. The lowest BCUT2D eigenvalue weighted by Gasteiger charge is -2.29. The lowest BCUT2D eigenvalue weighted by atomic mass is 9.86. The third-order valence-corrected chi connectivity index (χ3v) is 2.75. The molecular weight excluding hydrogens is 166 g/mol. The van der Waals surface area contributed by atoms with Crippen LogP contribution in [0.3, 0.4) is 0 Å². The van der Waals surface area contributed by atoms with Crippen molar-refractivity contribution in [2.45, 2.75) is 31.8 Å². The van der Waals surface area contributed by atoms with Crippen LogP contribution in [0.2, 0.25) is 0 Å². The van der Waals surface area contributed by atoms with Gasteiger partial charge in [-0.05, 0) is 19.3 Å². The Bertz CT molecular complexity index is 180. The zero-order valence-corrected chi connectivity index (χ0v) is 8.75. The van der Waals surface area contributed by atoms with Gasteiger partial charge in [0.2, 0.25) is 5.91 Å². The first-order chi connectivity index (χ1) is 6.15. The summed E-state index contributed by atoms with van der Waals surface area (Å²) in [5.41, 5.74) is 0. The highest BCUT2D eigenvalue weighted by atomic mass is 16.5. The summed E-state index contributed by atoms with van der Waals surface area (Å²) in [6, 6.07) is 0. The molecular formula is C10H19NO2. The summed E-state index contributed by atoms with van der Waals surface area (Å²) in [5, 5.41) is 0. The average Bonchev–Trinajstić information content (AvgIpc) is 2.16. The molecule has 0 unspecified atom stereocenters. The van der Waals surface area contributed by atoms with E-state index in [4.69, 9.17) is 4.74 Å². The first-order valence-corrected chi connectivity index (χ1v) is 4.89. The van der Waals surface area contributed by atoms with Crippen LogP contribution in [0.1, 0.15) is 25.7 Å². The highest BCUT2D eigenvalue weighted by Gasteiger charge is 2.27. The fourth-order valence-corrected chi connectivity index (χ4v) is 1.95. The molecule has 1 amide bonds. The first-order valence-electron chi connectivity index (χ1n) is 4.89. The predicted molar refractivity (Wildman–Crippen MR) is 51.4 cm³/mol. The van der Waals surface area contributed by atoms with E-state index in [1.807, 2.05) is 14.1 Å². The zero-order valence-electron chi connectivity index (χ0n) is 8.75. The predicted octanol–water partition coefficient (Wildman–Crippen LogP) is 1.28. The molecule has 0 aromatic rings. The van der Waals surface area contributed by atoms with Gasteiger partial charge >= 0.3 is 0 Å². The number of carbonyl (C=O) groups excluding carboxylic acids is 1. The van der Waals surface area contributed by atoms with E-state index in [2.05, 4.69) is 0 Å². The highest BCUT2D eigenvalue weighted by molar-refractivity contribution is 5.78. The molecule has 0 radical (unpaired) electrons. The second kappa shape index (κ2) is 4.61. The Balaban J connectivity index is 2.46. The molecule has 1 aliphatic rings. The van der Waals surface area contributed by atoms with Crippen LogP contribution < -0.4 is 0 Å². The summed E-state index contributed by atoms with van der Waals surface area (Å²) < 4.78 is 5.28. The maximum atomic E-state index is 11.6. The van der Waals surface area contributed by atoms with Crippen LogP contribution >= 0.6 is 0 Å². The average molecular weight is 185 g/mol. The van der Waals surface area contributed by atoms with Gasteiger partial charge in [-0.1, -0.05) is 6.42 Å². The molecule has 3 nitrogen and oxygen atoms in total. The van der Waals surface area contributed by atoms with Crippen molar-refractivity contribution in [2.24, 2.45) is 5.92 Å². The Morgan fingerprint density at radius 1 is 1.38 bits per heavy atom. The molecule has 2 atom stereocenters. The molecule has 1 rings (SSSR count). The minimum Gasteiger partial charge on any atom is -0.381 e. The fraction of sp³-hybridized carbons (Fsp3) is 0.900. The molecule has 13 heavy (non-hydrogen) atoms. The largest absolute Gasteiger partial charge is 0.381 e. The van der Waals surface area contributed by atoms with Crippen LogP contribution in [0.15, 0.2) is 0 Å². The minimum atomic E-state index is 0.189. The monoisotopic (exact) mass is 185 g/mol. The van der Waals surface area contributed by atoms with Gasteiger partial charge in [0.1, 0.15) is 0 Å². The molecule has 0 aliphatic heterocycles. The van der Waals surface area contributed by atoms with Gasteiger partial charge in [-0.15, -0.1) is 0 Å². The van der Waals surface area contributed by atoms with Gasteiger partial charge in [-0.3, -0.25) is 4.79 Å². The van der Waals surface area contributed by atoms with Gasteiger partial charge in [0.05, 0.1) is 6.10 Å². The second-order valence-electron chi connectivity index (χ2n) is 3.95. The lowest BCUT2D eigenvalue weighted by Crippen LogP contribution is -2.34. The first kappa shape index (κ1) is 10.5. The Hall–Kier alpha value is -0.570. The van der Waals surface area contributed by atoms with E-state index in [1.54, 1.807) is 12.0 Å². The molecule has 0 aromatic carbocycles. The number of carbonyl (C=O) groups is 1. The Morgan fingerprint density at radius 3 is 2.62 bits per heavy atom. The highest BCUT2D eigenvalue weighted by Crippen LogP contribution is 2.26. The van der Waals surface area contributed by atoms with Gasteiger partial charge < -0.3 is 9.64 Å². The minimum absolute atomic E-state index is 0.189. The van der Waals surface area contributed by atoms with Crippen molar-refractivity contribution >= 4 is 5.91 Å². The molecule has 1 fully saturated rings. The smallest absolute Gasteiger partial charge is 0.225 e. The normalized spacial score (nSPS) is 28.5. The van der Waals surface area contributed by atoms with E-state index in [9.17, 15) is 4.79 Å². The molecule has 1 aliphatic carbocycles. The maximum absolute atomic E-state index is 11.6. The van der Waals surface area contributed by atoms with E-state index in [0.29, 0.717) is 6.10 Å². The van der Waals surface area contributed by atoms with Crippen LogP contribution in [0.25, 0.3) is 0 Å². The number of hydrogen-bond acceptors (Lipinski definition) is 2. The molecule has 3 heteroatoms. The van der Waals surface area contributed by atoms with Gasteiger partial charge in [0, 0.05) is 27.1 Å². The Morgan fingerprint density at radius 2 is 2.08 bits per heavy atom. The summed E-state index contributed by atoms with van der Waals surface area (Å²) in [6.07, 6.45) is 4.43. The van der Waals surface area contributed by atoms with Crippen LogP contribution in [0, 0.1) is 5.92 Å². The van der Waals surface area contributed by atoms with E-state index in [0.717, 1.165) is 25.7 Å². The van der Waals surface area contributed by atoms with Crippen molar-refractivity contribution in [1.29, 1.82) is 0 Å². The van der Waals surface area contributed by atoms with Gasteiger partial charge in [-0.2, -0.15) is 0 Å². The standard InChI is InChI=1S/C10H19NO2/c1-11(2)10(12)8-5-4-6-9(7-8)13-3/h8-9H,4-7H2,1-3H3/t8-,9-/m1/s1. The quantitative estimate of drug-likeness (QED) is 0.648. The van der Waals surface area contributed by atoms with Crippen LogP contribution in [-0.4, -0.2) is 38.1 Å². The van der Waals surface area contributed by atoms with Crippen molar-refractivity contribution in [2.75, 3.05) is 21.2 Å². The van der Waals surface area contributed by atoms with Gasteiger partial charge in [0.25, 0.3) is 0 Å². The lowest BCUT2D eigenvalue weighted by molar-refractivity contribution is -0.135. The molecule has 0 N–H and O–H groups in total. The third-order valence-electron chi connectivity index (χ3n) is 2.75. The summed E-state index contributed by atoms with van der Waals surface area (Å²) >= 11 is 0. The van der Waals surface area contributed by atoms with Crippen LogP contribution in [0.4, 0.5) is 0 Å². The second-order valence-corrected chi connectivity index (χ2v) is 3.95. The Kier molecular flexibility index (Phi) is 3.72. The molecule has 0 saturated heterocycles. The Labute approximate surface area is 80.1 Å². The molecule has 0 bridgehead atoms. The number of rotatable bonds is 2. The SMILES string of the molecule is CO[C@@H]1CCC[C@@H](C(=O)N(C)C)C1. The van der Waals surface area contributed by atoms with E-state index in [-0.39, 0.29) is 11.8 Å². The molecule has 0 heterocycles. The van der Waals surface area contributed by atoms with E-state index < -0.39 is 0 Å². The van der Waals surface area contributed by atoms with Crippen molar-refractivity contribution in [1.82, 2.24) is 4.90 Å². The molecule has 1 saturated carbocycles. The van der Waals surface area contributed by atoms with E-state index in [1.165, 1.54) is 0 Å². The van der Waals surface area contributed by atoms with Crippen molar-refractivity contribution < 1.29 is 9.53 Å². The number of ether oxygens (including phenoxy) is 1. The molecule has 0 aromatic heterocycles. The van der Waals surface area contributed by atoms with Gasteiger partial charge in [0.15, 0.2) is 0 Å². The summed E-state index contributed by atoms with van der Waals surface area (Å²) in [7, 11) is 5.37. The maximum Gasteiger partial charge on any atom is 0.225 e. The van der Waals surface area contributed by atoms with Crippen LogP contribution in [-0.2, 0) is 9.53 Å². The molecule has 0 spiro atoms. The topological polar surface area (TPSA) is 29.5 Å². The number of hydrogen-bond donors (Lipinski definition) is 0. The number of nitrogens with zero attached hydrogens (tertiary/aromatic N) is 1. The zero-order chi connectivity index (χ0) is 9.84. The summed E-state index contributed by atoms with van der Waals surface area (Å²) in [5.74, 6) is 0.440. The fourth-order valence-electron chi connectivity index (χ4n) is 1.95. The number of methoxy groups -OCH3 is 1.